The minimum atomic E-state index is -0.107. The number of rotatable bonds is 2. The summed E-state index contributed by atoms with van der Waals surface area (Å²) in [5.74, 6) is 2.86. The summed E-state index contributed by atoms with van der Waals surface area (Å²) < 4.78 is 0. The SMILES string of the molecule is CC(C1=CC[C@H]2[C@@H]3CC=C4C[C@H](O)CC[C@]4(C)[C@H]3CC[C@]12C)c1cccnc1. The van der Waals surface area contributed by atoms with Crippen molar-refractivity contribution in [2.45, 2.75) is 77.7 Å². The Morgan fingerprint density at radius 3 is 2.68 bits per heavy atom. The van der Waals surface area contributed by atoms with Crippen molar-refractivity contribution in [1.82, 2.24) is 4.98 Å². The lowest BCUT2D eigenvalue weighted by Gasteiger charge is -2.58. The number of aliphatic hydroxyl groups excluding tert-OH is 1. The molecule has 4 aliphatic carbocycles. The number of aromatic nitrogens is 1. The van der Waals surface area contributed by atoms with Gasteiger partial charge in [-0.2, -0.15) is 0 Å². The van der Waals surface area contributed by atoms with Crippen LogP contribution in [0, 0.1) is 28.6 Å². The third-order valence-electron chi connectivity index (χ3n) is 9.37. The zero-order valence-electron chi connectivity index (χ0n) is 17.7. The van der Waals surface area contributed by atoms with E-state index in [0.29, 0.717) is 16.7 Å². The molecule has 2 fully saturated rings. The summed E-state index contributed by atoms with van der Waals surface area (Å²) in [6.45, 7) is 7.46. The zero-order chi connectivity index (χ0) is 19.5. The van der Waals surface area contributed by atoms with Gasteiger partial charge in [-0.1, -0.05) is 50.1 Å². The minimum absolute atomic E-state index is 0.107. The van der Waals surface area contributed by atoms with Gasteiger partial charge in [-0.25, -0.2) is 0 Å². The van der Waals surface area contributed by atoms with Crippen LogP contribution >= 0.6 is 0 Å². The number of hydrogen-bond donors (Lipinski definition) is 1. The van der Waals surface area contributed by atoms with Crippen LogP contribution < -0.4 is 0 Å². The number of hydrogen-bond acceptors (Lipinski definition) is 2. The highest BCUT2D eigenvalue weighted by molar-refractivity contribution is 5.36. The van der Waals surface area contributed by atoms with Crippen molar-refractivity contribution in [3.05, 3.63) is 53.4 Å². The number of nitrogens with zero attached hydrogens (tertiary/aromatic N) is 1. The lowest BCUT2D eigenvalue weighted by molar-refractivity contribution is -0.0305. The van der Waals surface area contributed by atoms with E-state index in [1.165, 1.54) is 37.7 Å². The fourth-order valence-corrected chi connectivity index (χ4v) is 7.73. The molecule has 0 aromatic carbocycles. The van der Waals surface area contributed by atoms with Gasteiger partial charge in [0.05, 0.1) is 6.10 Å². The summed E-state index contributed by atoms with van der Waals surface area (Å²) in [7, 11) is 0. The molecule has 1 aromatic rings. The van der Waals surface area contributed by atoms with E-state index in [4.69, 9.17) is 0 Å². The number of fused-ring (bicyclic) bond motifs is 5. The zero-order valence-corrected chi connectivity index (χ0v) is 17.7. The molecule has 0 aliphatic heterocycles. The highest BCUT2D eigenvalue weighted by Crippen LogP contribution is 2.66. The quantitative estimate of drug-likeness (QED) is 0.637. The molecule has 1 heterocycles. The summed E-state index contributed by atoms with van der Waals surface area (Å²) >= 11 is 0. The summed E-state index contributed by atoms with van der Waals surface area (Å²) in [5.41, 5.74) is 5.28. The van der Waals surface area contributed by atoms with Gasteiger partial charge < -0.3 is 5.11 Å². The molecule has 2 nitrogen and oxygen atoms in total. The van der Waals surface area contributed by atoms with E-state index in [0.717, 1.165) is 30.6 Å². The van der Waals surface area contributed by atoms with E-state index in [-0.39, 0.29) is 6.10 Å². The van der Waals surface area contributed by atoms with Gasteiger partial charge in [-0.05, 0) is 85.2 Å². The summed E-state index contributed by atoms with van der Waals surface area (Å²) in [4.78, 5) is 4.37. The largest absolute Gasteiger partial charge is 0.393 e. The molecule has 0 spiro atoms. The van der Waals surface area contributed by atoms with Crippen LogP contribution in [-0.4, -0.2) is 16.2 Å². The number of aliphatic hydroxyl groups is 1. The van der Waals surface area contributed by atoms with E-state index in [1.54, 1.807) is 11.1 Å². The second-order valence-corrected chi connectivity index (χ2v) is 10.5. The first-order valence-electron chi connectivity index (χ1n) is 11.4. The van der Waals surface area contributed by atoms with Crippen LogP contribution in [-0.2, 0) is 0 Å². The van der Waals surface area contributed by atoms with E-state index in [2.05, 4.69) is 56.2 Å². The molecule has 7 atom stereocenters. The van der Waals surface area contributed by atoms with Crippen molar-refractivity contribution in [2.24, 2.45) is 28.6 Å². The second kappa shape index (κ2) is 6.55. The number of allylic oxidation sites excluding steroid dienone is 3. The van der Waals surface area contributed by atoms with Gasteiger partial charge in [0.1, 0.15) is 0 Å². The highest BCUT2D eigenvalue weighted by Gasteiger charge is 2.57. The van der Waals surface area contributed by atoms with Gasteiger partial charge in [0.15, 0.2) is 0 Å². The van der Waals surface area contributed by atoms with Crippen LogP contribution in [0.15, 0.2) is 47.8 Å². The van der Waals surface area contributed by atoms with E-state index >= 15 is 0 Å². The normalized spacial score (nSPS) is 43.3. The minimum Gasteiger partial charge on any atom is -0.393 e. The molecule has 28 heavy (non-hydrogen) atoms. The van der Waals surface area contributed by atoms with Crippen molar-refractivity contribution in [3.8, 4) is 0 Å². The molecule has 5 rings (SSSR count). The van der Waals surface area contributed by atoms with E-state index < -0.39 is 0 Å². The van der Waals surface area contributed by atoms with Gasteiger partial charge in [-0.15, -0.1) is 0 Å². The molecule has 1 aromatic heterocycles. The molecule has 1 unspecified atom stereocenters. The molecule has 150 valence electrons. The predicted octanol–water partition coefficient (Wildman–Crippen LogP) is 6.05. The van der Waals surface area contributed by atoms with Gasteiger partial charge in [0, 0.05) is 18.3 Å². The van der Waals surface area contributed by atoms with Crippen molar-refractivity contribution in [3.63, 3.8) is 0 Å². The van der Waals surface area contributed by atoms with E-state index in [9.17, 15) is 5.11 Å². The van der Waals surface area contributed by atoms with Crippen molar-refractivity contribution >= 4 is 0 Å². The molecule has 0 bridgehead atoms. The Morgan fingerprint density at radius 2 is 1.89 bits per heavy atom. The van der Waals surface area contributed by atoms with Crippen molar-refractivity contribution in [1.29, 1.82) is 0 Å². The topological polar surface area (TPSA) is 33.1 Å². The Labute approximate surface area is 170 Å². The van der Waals surface area contributed by atoms with Crippen LogP contribution in [0.4, 0.5) is 0 Å². The third kappa shape index (κ3) is 2.60. The van der Waals surface area contributed by atoms with Crippen molar-refractivity contribution in [2.75, 3.05) is 0 Å². The van der Waals surface area contributed by atoms with Crippen LogP contribution in [0.5, 0.6) is 0 Å². The lowest BCUT2D eigenvalue weighted by atomic mass is 9.47. The van der Waals surface area contributed by atoms with Crippen LogP contribution in [0.25, 0.3) is 0 Å². The summed E-state index contributed by atoms with van der Waals surface area (Å²) in [6, 6.07) is 4.31. The van der Waals surface area contributed by atoms with Crippen LogP contribution in [0.1, 0.15) is 77.2 Å². The third-order valence-corrected chi connectivity index (χ3v) is 9.37. The molecule has 2 heteroatoms. The van der Waals surface area contributed by atoms with Gasteiger partial charge in [0.25, 0.3) is 0 Å². The summed E-state index contributed by atoms with van der Waals surface area (Å²) in [5, 5.41) is 10.2. The van der Waals surface area contributed by atoms with Gasteiger partial charge in [-0.3, -0.25) is 4.98 Å². The molecule has 0 amide bonds. The summed E-state index contributed by atoms with van der Waals surface area (Å²) in [6.07, 6.45) is 17.2. The Bertz CT molecular complexity index is 811. The first kappa shape index (κ1) is 18.6. The van der Waals surface area contributed by atoms with Crippen LogP contribution in [0.3, 0.4) is 0 Å². The molecule has 4 aliphatic rings. The number of pyridine rings is 1. The molecule has 0 radical (unpaired) electrons. The molecule has 1 N–H and O–H groups in total. The fourth-order valence-electron chi connectivity index (χ4n) is 7.73. The molecule has 0 saturated heterocycles. The molecular weight excluding hydrogens is 342 g/mol. The molecular formula is C26H35NO. The second-order valence-electron chi connectivity index (χ2n) is 10.5. The monoisotopic (exact) mass is 377 g/mol. The first-order valence-corrected chi connectivity index (χ1v) is 11.4. The van der Waals surface area contributed by atoms with Crippen molar-refractivity contribution < 1.29 is 5.11 Å². The van der Waals surface area contributed by atoms with Gasteiger partial charge >= 0.3 is 0 Å². The standard InChI is InChI=1S/C26H35NO/c1-17(18-5-4-14-27-16-18)22-8-9-23-21-7-6-19-15-20(28)10-12-25(19,2)24(21)11-13-26(22,23)3/h4-6,8,14,16-17,20-21,23-24,28H,7,9-13,15H2,1-3H3/t17?,20-,21+,23+,24+,25+,26-/m1/s1. The first-order chi connectivity index (χ1) is 13.4. The maximum absolute atomic E-state index is 10.2. The maximum atomic E-state index is 10.2. The molecule has 2 saturated carbocycles. The van der Waals surface area contributed by atoms with Gasteiger partial charge in [0.2, 0.25) is 0 Å². The average molecular weight is 378 g/mol. The van der Waals surface area contributed by atoms with Crippen LogP contribution in [0.2, 0.25) is 0 Å². The van der Waals surface area contributed by atoms with E-state index in [1.807, 2.05) is 6.20 Å². The fraction of sp³-hybridized carbons (Fsp3) is 0.654. The Balaban J connectivity index is 1.44. The average Bonchev–Trinajstić information content (AvgIpc) is 3.06. The Hall–Kier alpha value is -1.41. The smallest absolute Gasteiger partial charge is 0.0577 e. The Kier molecular flexibility index (Phi) is 4.36. The maximum Gasteiger partial charge on any atom is 0.0577 e. The Morgan fingerprint density at radius 1 is 1.07 bits per heavy atom. The predicted molar refractivity (Wildman–Crippen MR) is 114 cm³/mol. The highest BCUT2D eigenvalue weighted by atomic mass is 16.3. The lowest BCUT2D eigenvalue weighted by Crippen LogP contribution is -2.50.